The van der Waals surface area contributed by atoms with Crippen LogP contribution in [-0.2, 0) is 4.74 Å². The van der Waals surface area contributed by atoms with Gasteiger partial charge in [0.25, 0.3) is 6.43 Å². The summed E-state index contributed by atoms with van der Waals surface area (Å²) in [5.41, 5.74) is -0.960. The van der Waals surface area contributed by atoms with E-state index < -0.39 is 18.1 Å². The summed E-state index contributed by atoms with van der Waals surface area (Å²) in [6.07, 6.45) is -1.93. The summed E-state index contributed by atoms with van der Waals surface area (Å²) in [6, 6.07) is 1.68. The predicted molar refractivity (Wildman–Crippen MR) is 52.9 cm³/mol. The first-order valence-corrected chi connectivity index (χ1v) is 4.77. The summed E-state index contributed by atoms with van der Waals surface area (Å²) in [7, 11) is 1.10. The molecule has 1 aromatic rings. The van der Waals surface area contributed by atoms with Gasteiger partial charge in [0.2, 0.25) is 0 Å². The molecule has 4 nitrogen and oxygen atoms in total. The van der Waals surface area contributed by atoms with Crippen LogP contribution in [0.3, 0.4) is 0 Å². The van der Waals surface area contributed by atoms with Crippen molar-refractivity contribution in [2.24, 2.45) is 0 Å². The molecule has 0 bridgehead atoms. The number of aromatic nitrogens is 1. The van der Waals surface area contributed by atoms with E-state index in [9.17, 15) is 13.6 Å². The number of hydrogen-bond donors (Lipinski definition) is 0. The average molecular weight is 291 g/mol. The van der Waals surface area contributed by atoms with Crippen molar-refractivity contribution >= 4 is 21.9 Å². The Hall–Kier alpha value is -1.55. The topological polar surface area (TPSA) is 63.0 Å². The lowest BCUT2D eigenvalue weighted by atomic mass is 10.1. The summed E-state index contributed by atoms with van der Waals surface area (Å²) >= 11 is 2.82. The molecule has 1 heterocycles. The van der Waals surface area contributed by atoms with E-state index in [-0.39, 0.29) is 15.6 Å². The van der Waals surface area contributed by atoms with Crippen molar-refractivity contribution in [2.45, 2.75) is 6.43 Å². The fraction of sp³-hybridized carbons (Fsp3) is 0.222. The number of carbonyl (C=O) groups excluding carboxylic acids is 1. The third kappa shape index (κ3) is 2.17. The number of carbonyl (C=O) groups is 1. The Morgan fingerprint density at radius 2 is 2.31 bits per heavy atom. The van der Waals surface area contributed by atoms with Crippen LogP contribution in [0.25, 0.3) is 0 Å². The predicted octanol–water partition coefficient (Wildman–Crippen LogP) is 2.44. The molecule has 0 aliphatic carbocycles. The lowest BCUT2D eigenvalue weighted by Gasteiger charge is -2.08. The molecule has 1 rings (SSSR count). The van der Waals surface area contributed by atoms with Gasteiger partial charge in [-0.05, 0) is 15.9 Å². The lowest BCUT2D eigenvalue weighted by molar-refractivity contribution is 0.0598. The van der Waals surface area contributed by atoms with Crippen LogP contribution >= 0.6 is 15.9 Å². The molecule has 0 amide bonds. The van der Waals surface area contributed by atoms with Gasteiger partial charge in [0.1, 0.15) is 11.8 Å². The fourth-order valence-electron chi connectivity index (χ4n) is 1.04. The van der Waals surface area contributed by atoms with Gasteiger partial charge >= 0.3 is 5.97 Å². The maximum absolute atomic E-state index is 12.5. The molecule has 0 aliphatic heterocycles. The Morgan fingerprint density at radius 3 is 2.75 bits per heavy atom. The molecular weight excluding hydrogens is 286 g/mol. The number of nitrogens with zero attached hydrogens (tertiary/aromatic N) is 2. The summed E-state index contributed by atoms with van der Waals surface area (Å²) in [5.74, 6) is -0.868. The normalized spacial score (nSPS) is 10.0. The van der Waals surface area contributed by atoms with Crippen molar-refractivity contribution < 1.29 is 18.3 Å². The molecular formula is C9H5BrF2N2O2. The third-order valence-corrected chi connectivity index (χ3v) is 2.57. The van der Waals surface area contributed by atoms with E-state index in [1.807, 2.05) is 0 Å². The Balaban J connectivity index is 3.48. The summed E-state index contributed by atoms with van der Waals surface area (Å²) in [4.78, 5) is 14.7. The highest BCUT2D eigenvalue weighted by molar-refractivity contribution is 9.10. The largest absolute Gasteiger partial charge is 0.465 e. The first-order chi connectivity index (χ1) is 7.52. The number of nitriles is 1. The molecule has 0 unspecified atom stereocenters. The second-order valence-electron chi connectivity index (χ2n) is 2.65. The van der Waals surface area contributed by atoms with Crippen molar-refractivity contribution in [2.75, 3.05) is 7.11 Å². The van der Waals surface area contributed by atoms with E-state index in [1.54, 1.807) is 6.07 Å². The van der Waals surface area contributed by atoms with Gasteiger partial charge in [-0.25, -0.2) is 13.6 Å². The first kappa shape index (κ1) is 12.5. The van der Waals surface area contributed by atoms with Crippen LogP contribution in [0, 0.1) is 11.3 Å². The van der Waals surface area contributed by atoms with Gasteiger partial charge in [-0.2, -0.15) is 5.26 Å². The van der Waals surface area contributed by atoms with Crippen LogP contribution in [-0.4, -0.2) is 18.1 Å². The Labute approximate surface area is 98.0 Å². The van der Waals surface area contributed by atoms with Crippen molar-refractivity contribution in [1.29, 1.82) is 5.26 Å². The van der Waals surface area contributed by atoms with Gasteiger partial charge in [0, 0.05) is 6.20 Å². The number of hydrogen-bond acceptors (Lipinski definition) is 4. The van der Waals surface area contributed by atoms with Crippen molar-refractivity contribution in [1.82, 2.24) is 4.98 Å². The second kappa shape index (κ2) is 4.99. The van der Waals surface area contributed by atoms with E-state index in [2.05, 4.69) is 25.7 Å². The highest BCUT2D eigenvalue weighted by Gasteiger charge is 2.23. The zero-order valence-electron chi connectivity index (χ0n) is 8.00. The molecule has 0 fully saturated rings. The van der Waals surface area contributed by atoms with Crippen LogP contribution < -0.4 is 0 Å². The Kier molecular flexibility index (Phi) is 3.90. The number of methoxy groups -OCH3 is 1. The van der Waals surface area contributed by atoms with Crippen LogP contribution in [0.5, 0.6) is 0 Å². The minimum absolute atomic E-state index is 0.122. The molecule has 0 radical (unpaired) electrons. The van der Waals surface area contributed by atoms with Crippen molar-refractivity contribution in [3.63, 3.8) is 0 Å². The van der Waals surface area contributed by atoms with Crippen LogP contribution in [0.1, 0.15) is 28.0 Å². The Bertz CT molecular complexity index is 471. The number of esters is 1. The molecule has 0 aliphatic rings. The highest BCUT2D eigenvalue weighted by Crippen LogP contribution is 2.30. The SMILES string of the molecule is COC(=O)c1c(C#N)cnc(C(F)F)c1Br. The first-order valence-electron chi connectivity index (χ1n) is 3.97. The number of rotatable bonds is 2. The molecule has 1 aromatic heterocycles. The van der Waals surface area contributed by atoms with Crippen LogP contribution in [0.15, 0.2) is 10.7 Å². The monoisotopic (exact) mass is 290 g/mol. The second-order valence-corrected chi connectivity index (χ2v) is 3.44. The maximum Gasteiger partial charge on any atom is 0.340 e. The molecule has 0 N–H and O–H groups in total. The molecule has 0 saturated carbocycles. The van der Waals surface area contributed by atoms with Crippen LogP contribution in [0.2, 0.25) is 0 Å². The van der Waals surface area contributed by atoms with E-state index in [4.69, 9.17) is 5.26 Å². The molecule has 0 atom stereocenters. The average Bonchev–Trinajstić information content (AvgIpc) is 2.26. The lowest BCUT2D eigenvalue weighted by Crippen LogP contribution is -2.09. The quantitative estimate of drug-likeness (QED) is 0.785. The van der Waals surface area contributed by atoms with Gasteiger partial charge < -0.3 is 4.74 Å². The van der Waals surface area contributed by atoms with Crippen molar-refractivity contribution in [3.8, 4) is 6.07 Å². The Morgan fingerprint density at radius 1 is 1.69 bits per heavy atom. The van der Waals surface area contributed by atoms with Gasteiger partial charge in [-0.15, -0.1) is 0 Å². The molecule has 7 heteroatoms. The van der Waals surface area contributed by atoms with Gasteiger partial charge in [-0.1, -0.05) is 0 Å². The van der Waals surface area contributed by atoms with Crippen molar-refractivity contribution in [3.05, 3.63) is 27.5 Å². The van der Waals surface area contributed by atoms with E-state index in [0.717, 1.165) is 13.3 Å². The smallest absolute Gasteiger partial charge is 0.340 e. The van der Waals surface area contributed by atoms with Gasteiger partial charge in [0.15, 0.2) is 0 Å². The minimum Gasteiger partial charge on any atom is -0.465 e. The molecule has 0 saturated heterocycles. The van der Waals surface area contributed by atoms with Gasteiger partial charge in [-0.3, -0.25) is 4.98 Å². The number of pyridine rings is 1. The van der Waals surface area contributed by atoms with E-state index in [0.29, 0.717) is 0 Å². The summed E-state index contributed by atoms with van der Waals surface area (Å²) in [6.45, 7) is 0. The van der Waals surface area contributed by atoms with Gasteiger partial charge in [0.05, 0.1) is 22.7 Å². The molecule has 84 valence electrons. The summed E-state index contributed by atoms with van der Waals surface area (Å²) in [5, 5.41) is 8.71. The molecule has 0 spiro atoms. The zero-order valence-corrected chi connectivity index (χ0v) is 9.59. The number of ether oxygens (including phenoxy) is 1. The van der Waals surface area contributed by atoms with E-state index in [1.165, 1.54) is 0 Å². The zero-order chi connectivity index (χ0) is 12.3. The minimum atomic E-state index is -2.84. The van der Waals surface area contributed by atoms with Crippen LogP contribution in [0.4, 0.5) is 8.78 Å². The molecule has 0 aromatic carbocycles. The number of alkyl halides is 2. The fourth-order valence-corrected chi connectivity index (χ4v) is 1.69. The van der Waals surface area contributed by atoms with E-state index >= 15 is 0 Å². The third-order valence-electron chi connectivity index (χ3n) is 1.76. The standard InChI is InChI=1S/C9H5BrF2N2O2/c1-16-9(15)5-4(2-13)3-14-7(6(5)10)8(11)12/h3,8H,1H3. The number of halogens is 3. The summed E-state index contributed by atoms with van der Waals surface area (Å²) < 4.78 is 29.2. The highest BCUT2D eigenvalue weighted by atomic mass is 79.9. The molecule has 16 heavy (non-hydrogen) atoms. The maximum atomic E-state index is 12.5.